The van der Waals surface area contributed by atoms with Crippen molar-refractivity contribution in [3.8, 4) is 0 Å². The first-order valence-electron chi connectivity index (χ1n) is 6.39. The zero-order valence-corrected chi connectivity index (χ0v) is 10.9. The number of rotatable bonds is 2. The fourth-order valence-corrected chi connectivity index (χ4v) is 2.23. The molecule has 3 heterocycles. The van der Waals surface area contributed by atoms with Gasteiger partial charge in [-0.2, -0.15) is 0 Å². The Morgan fingerprint density at radius 1 is 1.32 bits per heavy atom. The molecule has 2 aromatic rings. The van der Waals surface area contributed by atoms with Crippen molar-refractivity contribution in [1.29, 1.82) is 0 Å². The SMILES string of the molecule is Cc1cccc([C@@H]2CN(c3cnccn3)CCO2)n1. The number of aryl methyl sites for hydroxylation is 1. The lowest BCUT2D eigenvalue weighted by molar-refractivity contribution is 0.0366. The molecule has 0 saturated carbocycles. The van der Waals surface area contributed by atoms with E-state index in [2.05, 4.69) is 19.9 Å². The van der Waals surface area contributed by atoms with E-state index in [4.69, 9.17) is 4.74 Å². The fraction of sp³-hybridized carbons (Fsp3) is 0.357. The van der Waals surface area contributed by atoms with E-state index >= 15 is 0 Å². The second kappa shape index (κ2) is 5.32. The third kappa shape index (κ3) is 2.71. The monoisotopic (exact) mass is 256 g/mol. The minimum absolute atomic E-state index is 0.00402. The molecule has 0 unspecified atom stereocenters. The van der Waals surface area contributed by atoms with Crippen LogP contribution in [0.1, 0.15) is 17.5 Å². The standard InChI is InChI=1S/C14H16N4O/c1-11-3-2-4-12(17-11)13-10-18(7-8-19-13)14-9-15-5-6-16-14/h2-6,9,13H,7-8,10H2,1H3/t13-/m0/s1. The summed E-state index contributed by atoms with van der Waals surface area (Å²) in [5.74, 6) is 0.892. The van der Waals surface area contributed by atoms with Crippen LogP contribution in [-0.2, 0) is 4.74 Å². The van der Waals surface area contributed by atoms with E-state index in [1.807, 2.05) is 25.1 Å². The summed E-state index contributed by atoms with van der Waals surface area (Å²) >= 11 is 0. The molecule has 1 saturated heterocycles. The minimum Gasteiger partial charge on any atom is -0.368 e. The Balaban J connectivity index is 1.78. The Morgan fingerprint density at radius 2 is 2.26 bits per heavy atom. The normalized spacial score (nSPS) is 19.4. The van der Waals surface area contributed by atoms with Crippen LogP contribution in [0.15, 0.2) is 36.8 Å². The molecule has 1 aliphatic heterocycles. The van der Waals surface area contributed by atoms with E-state index in [-0.39, 0.29) is 6.10 Å². The predicted molar refractivity (Wildman–Crippen MR) is 71.9 cm³/mol. The molecule has 3 rings (SSSR count). The van der Waals surface area contributed by atoms with Gasteiger partial charge in [0.15, 0.2) is 0 Å². The Kier molecular flexibility index (Phi) is 3.37. The molecule has 98 valence electrons. The molecule has 0 bridgehead atoms. The van der Waals surface area contributed by atoms with Crippen LogP contribution in [0.3, 0.4) is 0 Å². The Labute approximate surface area is 112 Å². The topological polar surface area (TPSA) is 51.1 Å². The highest BCUT2D eigenvalue weighted by Gasteiger charge is 2.23. The number of aromatic nitrogens is 3. The first-order chi connectivity index (χ1) is 9.33. The molecule has 0 aromatic carbocycles. The molecular weight excluding hydrogens is 240 g/mol. The Hall–Kier alpha value is -2.01. The third-order valence-corrected chi connectivity index (χ3v) is 3.18. The summed E-state index contributed by atoms with van der Waals surface area (Å²) in [7, 11) is 0. The van der Waals surface area contributed by atoms with Gasteiger partial charge in [0.25, 0.3) is 0 Å². The van der Waals surface area contributed by atoms with Crippen LogP contribution in [0.5, 0.6) is 0 Å². The van der Waals surface area contributed by atoms with Crippen molar-refractivity contribution < 1.29 is 4.74 Å². The van der Waals surface area contributed by atoms with Gasteiger partial charge >= 0.3 is 0 Å². The number of pyridine rings is 1. The van der Waals surface area contributed by atoms with Gasteiger partial charge in [-0.3, -0.25) is 9.97 Å². The predicted octanol–water partition coefficient (Wildman–Crippen LogP) is 1.76. The maximum Gasteiger partial charge on any atom is 0.147 e. The summed E-state index contributed by atoms with van der Waals surface area (Å²) in [6.45, 7) is 4.26. The Morgan fingerprint density at radius 3 is 3.05 bits per heavy atom. The number of hydrogen-bond acceptors (Lipinski definition) is 5. The molecule has 0 aliphatic carbocycles. The van der Waals surface area contributed by atoms with Gasteiger partial charge in [0.2, 0.25) is 0 Å². The largest absolute Gasteiger partial charge is 0.368 e. The number of hydrogen-bond donors (Lipinski definition) is 0. The van der Waals surface area contributed by atoms with Crippen LogP contribution in [0, 0.1) is 6.92 Å². The molecule has 19 heavy (non-hydrogen) atoms. The maximum absolute atomic E-state index is 5.82. The van der Waals surface area contributed by atoms with Crippen LogP contribution >= 0.6 is 0 Å². The van der Waals surface area contributed by atoms with Gasteiger partial charge in [-0.15, -0.1) is 0 Å². The zero-order valence-electron chi connectivity index (χ0n) is 10.9. The average molecular weight is 256 g/mol. The van der Waals surface area contributed by atoms with Crippen molar-refractivity contribution in [2.45, 2.75) is 13.0 Å². The summed E-state index contributed by atoms with van der Waals surface area (Å²) in [6.07, 6.45) is 5.18. The van der Waals surface area contributed by atoms with Gasteiger partial charge in [0.1, 0.15) is 11.9 Å². The smallest absolute Gasteiger partial charge is 0.147 e. The lowest BCUT2D eigenvalue weighted by atomic mass is 10.2. The van der Waals surface area contributed by atoms with Crippen molar-refractivity contribution in [3.63, 3.8) is 0 Å². The van der Waals surface area contributed by atoms with Gasteiger partial charge in [-0.05, 0) is 19.1 Å². The summed E-state index contributed by atoms with van der Waals surface area (Å²) < 4.78 is 5.82. The van der Waals surface area contributed by atoms with E-state index in [1.54, 1.807) is 18.6 Å². The lowest BCUT2D eigenvalue weighted by Crippen LogP contribution is -2.39. The molecule has 1 atom stereocenters. The maximum atomic E-state index is 5.82. The van der Waals surface area contributed by atoms with Gasteiger partial charge in [0, 0.05) is 24.6 Å². The van der Waals surface area contributed by atoms with Gasteiger partial charge in [-0.25, -0.2) is 4.98 Å². The summed E-state index contributed by atoms with van der Waals surface area (Å²) in [5, 5.41) is 0. The first-order valence-corrected chi connectivity index (χ1v) is 6.39. The second-order valence-electron chi connectivity index (χ2n) is 4.57. The highest BCUT2D eigenvalue weighted by atomic mass is 16.5. The van der Waals surface area contributed by atoms with Crippen molar-refractivity contribution in [1.82, 2.24) is 15.0 Å². The van der Waals surface area contributed by atoms with Crippen molar-refractivity contribution in [2.75, 3.05) is 24.6 Å². The van der Waals surface area contributed by atoms with Crippen LogP contribution in [0.4, 0.5) is 5.82 Å². The molecule has 0 spiro atoms. The number of anilines is 1. The molecule has 0 N–H and O–H groups in total. The van der Waals surface area contributed by atoms with Crippen molar-refractivity contribution in [3.05, 3.63) is 48.2 Å². The van der Waals surface area contributed by atoms with Gasteiger partial charge in [-0.1, -0.05) is 6.07 Å². The molecular formula is C14H16N4O. The van der Waals surface area contributed by atoms with E-state index in [1.165, 1.54) is 0 Å². The van der Waals surface area contributed by atoms with Crippen LogP contribution < -0.4 is 4.90 Å². The lowest BCUT2D eigenvalue weighted by Gasteiger charge is -2.33. The van der Waals surface area contributed by atoms with Crippen LogP contribution in [0.2, 0.25) is 0 Å². The zero-order chi connectivity index (χ0) is 13.1. The molecule has 2 aromatic heterocycles. The summed E-state index contributed by atoms with van der Waals surface area (Å²) in [4.78, 5) is 15.2. The summed E-state index contributed by atoms with van der Waals surface area (Å²) in [6, 6.07) is 6.02. The molecule has 1 aliphatic rings. The highest BCUT2D eigenvalue weighted by Crippen LogP contribution is 2.23. The third-order valence-electron chi connectivity index (χ3n) is 3.18. The highest BCUT2D eigenvalue weighted by molar-refractivity contribution is 5.36. The number of nitrogens with zero attached hydrogens (tertiary/aromatic N) is 4. The minimum atomic E-state index is -0.00402. The van der Waals surface area contributed by atoms with E-state index in [9.17, 15) is 0 Å². The first kappa shape index (κ1) is 12.0. The van der Waals surface area contributed by atoms with E-state index in [0.29, 0.717) is 6.61 Å². The van der Waals surface area contributed by atoms with Gasteiger partial charge < -0.3 is 9.64 Å². The van der Waals surface area contributed by atoms with Crippen molar-refractivity contribution >= 4 is 5.82 Å². The van der Waals surface area contributed by atoms with E-state index < -0.39 is 0 Å². The summed E-state index contributed by atoms with van der Waals surface area (Å²) in [5.41, 5.74) is 1.99. The average Bonchev–Trinajstić information content (AvgIpc) is 2.48. The van der Waals surface area contributed by atoms with E-state index in [0.717, 1.165) is 30.3 Å². The molecule has 0 amide bonds. The second-order valence-corrected chi connectivity index (χ2v) is 4.57. The van der Waals surface area contributed by atoms with Crippen LogP contribution in [0.25, 0.3) is 0 Å². The van der Waals surface area contributed by atoms with Crippen LogP contribution in [-0.4, -0.2) is 34.6 Å². The molecule has 5 nitrogen and oxygen atoms in total. The quantitative estimate of drug-likeness (QED) is 0.819. The Bertz CT molecular complexity index is 546. The molecule has 1 fully saturated rings. The van der Waals surface area contributed by atoms with Crippen molar-refractivity contribution in [2.24, 2.45) is 0 Å². The number of morpholine rings is 1. The molecule has 5 heteroatoms. The number of ether oxygens (including phenoxy) is 1. The fourth-order valence-electron chi connectivity index (χ4n) is 2.23. The van der Waals surface area contributed by atoms with Gasteiger partial charge in [0.05, 0.1) is 25.0 Å². The molecule has 0 radical (unpaired) electrons.